The van der Waals surface area contributed by atoms with Gasteiger partial charge in [-0.2, -0.15) is 0 Å². The molecular formula is C18H20FNO4S. The van der Waals surface area contributed by atoms with Gasteiger partial charge in [-0.15, -0.1) is 0 Å². The highest BCUT2D eigenvalue weighted by atomic mass is 32.2. The van der Waals surface area contributed by atoms with Gasteiger partial charge in [0, 0.05) is 6.26 Å². The van der Waals surface area contributed by atoms with Crippen LogP contribution in [0.5, 0.6) is 5.75 Å². The first kappa shape index (κ1) is 18.9. The minimum Gasteiger partial charge on any atom is -0.481 e. The highest BCUT2D eigenvalue weighted by molar-refractivity contribution is 7.90. The summed E-state index contributed by atoms with van der Waals surface area (Å²) in [5.41, 5.74) is 0.786. The number of hydrogen-bond acceptors (Lipinski definition) is 4. The van der Waals surface area contributed by atoms with Gasteiger partial charge in [0.05, 0.1) is 10.9 Å². The summed E-state index contributed by atoms with van der Waals surface area (Å²) < 4.78 is 41.6. The molecule has 0 aromatic heterocycles. The van der Waals surface area contributed by atoms with Gasteiger partial charge >= 0.3 is 0 Å². The molecule has 0 radical (unpaired) electrons. The monoisotopic (exact) mass is 365 g/mol. The zero-order chi connectivity index (χ0) is 18.4. The molecule has 0 aliphatic heterocycles. The van der Waals surface area contributed by atoms with Gasteiger partial charge in [0.1, 0.15) is 0 Å². The Morgan fingerprint density at radius 1 is 1.16 bits per heavy atom. The van der Waals surface area contributed by atoms with E-state index >= 15 is 0 Å². The number of ether oxygens (including phenoxy) is 1. The lowest BCUT2D eigenvalue weighted by Gasteiger charge is -2.18. The first-order valence-corrected chi connectivity index (χ1v) is 9.67. The molecule has 0 heterocycles. The molecule has 0 saturated carbocycles. The lowest BCUT2D eigenvalue weighted by molar-refractivity contribution is -0.123. The predicted molar refractivity (Wildman–Crippen MR) is 92.6 cm³/mol. The third kappa shape index (κ3) is 5.29. The Hall–Kier alpha value is -2.41. The Bertz CT molecular complexity index is 834. The molecule has 0 aliphatic rings. The maximum absolute atomic E-state index is 13.5. The minimum absolute atomic E-state index is 0.0169. The van der Waals surface area contributed by atoms with Crippen LogP contribution in [-0.2, 0) is 14.6 Å². The summed E-state index contributed by atoms with van der Waals surface area (Å²) in [5, 5.41) is 2.80. The van der Waals surface area contributed by atoms with Crippen LogP contribution in [0.25, 0.3) is 0 Å². The normalized spacial score (nSPS) is 12.4. The van der Waals surface area contributed by atoms with Crippen molar-refractivity contribution in [1.82, 2.24) is 5.32 Å². The largest absolute Gasteiger partial charge is 0.481 e. The van der Waals surface area contributed by atoms with E-state index in [4.69, 9.17) is 4.74 Å². The van der Waals surface area contributed by atoms with Crippen LogP contribution in [0, 0.1) is 5.82 Å². The third-order valence-electron chi connectivity index (χ3n) is 3.65. The summed E-state index contributed by atoms with van der Waals surface area (Å²) in [6.07, 6.45) is 1.75. The molecule has 134 valence electrons. The first-order chi connectivity index (χ1) is 11.8. The molecule has 25 heavy (non-hydrogen) atoms. The van der Waals surface area contributed by atoms with Crippen molar-refractivity contribution in [3.63, 3.8) is 0 Å². The van der Waals surface area contributed by atoms with E-state index in [-0.39, 0.29) is 29.2 Å². The minimum atomic E-state index is -3.26. The van der Waals surface area contributed by atoms with Gasteiger partial charge in [0.25, 0.3) is 5.91 Å². The van der Waals surface area contributed by atoms with Crippen LogP contribution >= 0.6 is 0 Å². The highest BCUT2D eigenvalue weighted by Crippen LogP contribution is 2.19. The molecule has 0 bridgehead atoms. The van der Waals surface area contributed by atoms with Gasteiger partial charge in [0.2, 0.25) is 0 Å². The Morgan fingerprint density at radius 2 is 1.80 bits per heavy atom. The fourth-order valence-electron chi connectivity index (χ4n) is 2.31. The molecule has 0 aliphatic carbocycles. The topological polar surface area (TPSA) is 72.5 Å². The number of halogens is 1. The molecule has 1 amide bonds. The fraction of sp³-hybridized carbons (Fsp3) is 0.278. The number of sulfone groups is 1. The summed E-state index contributed by atoms with van der Waals surface area (Å²) >= 11 is 0. The van der Waals surface area contributed by atoms with Crippen molar-refractivity contribution in [2.75, 3.05) is 12.9 Å². The molecule has 1 unspecified atom stereocenters. The van der Waals surface area contributed by atoms with Crippen molar-refractivity contribution in [3.05, 3.63) is 59.9 Å². The lowest BCUT2D eigenvalue weighted by Crippen LogP contribution is -2.32. The van der Waals surface area contributed by atoms with Crippen LogP contribution in [0.4, 0.5) is 4.39 Å². The number of para-hydroxylation sites is 1. The zero-order valence-electron chi connectivity index (χ0n) is 14.0. The van der Waals surface area contributed by atoms with Crippen LogP contribution in [-0.4, -0.2) is 27.2 Å². The fourth-order valence-corrected chi connectivity index (χ4v) is 2.94. The summed E-state index contributed by atoms with van der Waals surface area (Å²) in [6.45, 7) is 1.59. The molecule has 2 aromatic carbocycles. The lowest BCUT2D eigenvalue weighted by atomic mass is 10.0. The quantitative estimate of drug-likeness (QED) is 0.819. The number of benzene rings is 2. The molecule has 0 saturated heterocycles. The third-order valence-corrected chi connectivity index (χ3v) is 4.78. The predicted octanol–water partition coefficient (Wildman–Crippen LogP) is 2.88. The van der Waals surface area contributed by atoms with Crippen molar-refractivity contribution >= 4 is 15.7 Å². The van der Waals surface area contributed by atoms with Crippen LogP contribution in [0.15, 0.2) is 53.4 Å². The zero-order valence-corrected chi connectivity index (χ0v) is 14.8. The van der Waals surface area contributed by atoms with E-state index in [1.54, 1.807) is 18.2 Å². The van der Waals surface area contributed by atoms with Gasteiger partial charge in [-0.25, -0.2) is 12.8 Å². The average molecular weight is 365 g/mol. The standard InChI is InChI=1S/C18H20FNO4S/c1-3-16(13-8-10-14(11-9-13)25(2,22)23)20-18(21)12-24-17-7-5-4-6-15(17)19/h4-11,16H,3,12H2,1-2H3,(H,20,21). The first-order valence-electron chi connectivity index (χ1n) is 7.78. The van der Waals surface area contributed by atoms with E-state index < -0.39 is 15.7 Å². The van der Waals surface area contributed by atoms with E-state index in [0.29, 0.717) is 6.42 Å². The van der Waals surface area contributed by atoms with Crippen molar-refractivity contribution in [2.45, 2.75) is 24.3 Å². The SMILES string of the molecule is CCC(NC(=O)COc1ccccc1F)c1ccc(S(C)(=O)=O)cc1. The van der Waals surface area contributed by atoms with Crippen LogP contribution < -0.4 is 10.1 Å². The summed E-state index contributed by atoms with van der Waals surface area (Å²) in [7, 11) is -3.26. The van der Waals surface area contributed by atoms with Gasteiger partial charge < -0.3 is 10.1 Å². The second kappa shape index (κ2) is 8.11. The molecule has 0 fully saturated rings. The van der Waals surface area contributed by atoms with E-state index in [1.807, 2.05) is 6.92 Å². The molecule has 1 N–H and O–H groups in total. The maximum Gasteiger partial charge on any atom is 0.258 e. The second-order valence-corrected chi connectivity index (χ2v) is 7.60. The Balaban J connectivity index is 1.99. The van der Waals surface area contributed by atoms with E-state index in [2.05, 4.69) is 5.32 Å². The molecule has 2 rings (SSSR count). The molecule has 2 aromatic rings. The average Bonchev–Trinajstić information content (AvgIpc) is 2.58. The van der Waals surface area contributed by atoms with Gasteiger partial charge in [-0.3, -0.25) is 4.79 Å². The van der Waals surface area contributed by atoms with Crippen molar-refractivity contribution < 1.29 is 22.3 Å². The summed E-state index contributed by atoms with van der Waals surface area (Å²) in [4.78, 5) is 12.3. The maximum atomic E-state index is 13.5. The number of nitrogens with one attached hydrogen (secondary N) is 1. The number of carbonyl (C=O) groups is 1. The van der Waals surface area contributed by atoms with Crippen LogP contribution in [0.2, 0.25) is 0 Å². The Kier molecular flexibility index (Phi) is 6.14. The molecule has 1 atom stereocenters. The van der Waals surface area contributed by atoms with Gasteiger partial charge in [0.15, 0.2) is 28.0 Å². The van der Waals surface area contributed by atoms with E-state index in [9.17, 15) is 17.6 Å². The van der Waals surface area contributed by atoms with Gasteiger partial charge in [-0.1, -0.05) is 31.2 Å². The smallest absolute Gasteiger partial charge is 0.258 e. The molecular weight excluding hydrogens is 345 g/mol. The van der Waals surface area contributed by atoms with Crippen molar-refractivity contribution in [3.8, 4) is 5.75 Å². The van der Waals surface area contributed by atoms with Crippen LogP contribution in [0.3, 0.4) is 0 Å². The van der Waals surface area contributed by atoms with Crippen molar-refractivity contribution in [1.29, 1.82) is 0 Å². The number of amides is 1. The second-order valence-electron chi connectivity index (χ2n) is 5.59. The molecule has 7 heteroatoms. The number of hydrogen-bond donors (Lipinski definition) is 1. The van der Waals surface area contributed by atoms with Gasteiger partial charge in [-0.05, 0) is 36.2 Å². The Labute approximate surface area is 146 Å². The number of rotatable bonds is 7. The Morgan fingerprint density at radius 3 is 2.36 bits per heavy atom. The van der Waals surface area contributed by atoms with E-state index in [0.717, 1.165) is 11.8 Å². The van der Waals surface area contributed by atoms with Crippen molar-refractivity contribution in [2.24, 2.45) is 0 Å². The highest BCUT2D eigenvalue weighted by Gasteiger charge is 2.15. The summed E-state index contributed by atoms with van der Waals surface area (Å²) in [5.74, 6) is -0.899. The molecule has 0 spiro atoms. The number of carbonyl (C=O) groups excluding carboxylic acids is 1. The molecule has 5 nitrogen and oxygen atoms in total. The summed E-state index contributed by atoms with van der Waals surface area (Å²) in [6, 6.07) is 11.9. The van der Waals surface area contributed by atoms with Crippen LogP contribution in [0.1, 0.15) is 24.9 Å². The van der Waals surface area contributed by atoms with E-state index in [1.165, 1.54) is 30.3 Å².